The van der Waals surface area contributed by atoms with Gasteiger partial charge in [0.25, 0.3) is 5.91 Å². The van der Waals surface area contributed by atoms with Crippen molar-refractivity contribution in [1.82, 2.24) is 10.0 Å². The Kier molecular flexibility index (Phi) is 8.96. The van der Waals surface area contributed by atoms with Gasteiger partial charge in [0.15, 0.2) is 0 Å². The van der Waals surface area contributed by atoms with Crippen LogP contribution in [0, 0.1) is 0 Å². The molecule has 0 aliphatic rings. The van der Waals surface area contributed by atoms with Gasteiger partial charge in [-0.1, -0.05) is 18.2 Å². The lowest BCUT2D eigenvalue weighted by Gasteiger charge is -2.16. The summed E-state index contributed by atoms with van der Waals surface area (Å²) in [4.78, 5) is 9.86. The van der Waals surface area contributed by atoms with Crippen LogP contribution in [0.1, 0.15) is 27.0 Å². The fourth-order valence-corrected chi connectivity index (χ4v) is 6.19. The van der Waals surface area contributed by atoms with E-state index in [4.69, 9.17) is 0 Å². The number of hydrogen-bond acceptors (Lipinski definition) is 5. The van der Waals surface area contributed by atoms with Gasteiger partial charge in [-0.25, -0.2) is 25.9 Å². The van der Waals surface area contributed by atoms with Crippen LogP contribution >= 0.6 is 0 Å². The van der Waals surface area contributed by atoms with Crippen LogP contribution in [0.3, 0.4) is 0 Å². The monoisotopic (exact) mass is 612 g/mol. The van der Waals surface area contributed by atoms with Crippen molar-refractivity contribution in [3.63, 3.8) is 0 Å². The molecule has 16 heteroatoms. The van der Waals surface area contributed by atoms with Gasteiger partial charge in [-0.05, 0) is 54.1 Å². The highest BCUT2D eigenvalue weighted by Crippen LogP contribution is 2.36. The molecule has 3 aromatic carbocycles. The highest BCUT2D eigenvalue weighted by Gasteiger charge is 2.38. The predicted octanol–water partition coefficient (Wildman–Crippen LogP) is 4.73. The molecule has 216 valence electrons. The first-order chi connectivity index (χ1) is 18.5. The Balaban J connectivity index is 1.80. The van der Waals surface area contributed by atoms with Gasteiger partial charge in [0.2, 0.25) is 19.9 Å². The molecule has 7 nitrogen and oxygen atoms in total. The average molecular weight is 613 g/mol. The Labute approximate surface area is 224 Å². The van der Waals surface area contributed by atoms with E-state index in [-0.39, 0.29) is 10.5 Å². The van der Waals surface area contributed by atoms with E-state index >= 15 is 0 Å². The topological polar surface area (TPSA) is 109 Å². The summed E-state index contributed by atoms with van der Waals surface area (Å²) in [6.07, 6.45) is -10.0. The van der Waals surface area contributed by atoms with Gasteiger partial charge in [0.1, 0.15) is 6.67 Å². The second-order valence-electron chi connectivity index (χ2n) is 8.13. The minimum absolute atomic E-state index is 0.284. The van der Waals surface area contributed by atoms with Crippen molar-refractivity contribution in [2.75, 3.05) is 13.1 Å². The van der Waals surface area contributed by atoms with Crippen molar-refractivity contribution in [2.24, 2.45) is 0 Å². The van der Waals surface area contributed by atoms with Gasteiger partial charge >= 0.3 is 12.4 Å². The molecule has 0 saturated heterocycles. The van der Waals surface area contributed by atoms with E-state index in [1.165, 1.54) is 30.3 Å². The number of benzene rings is 3. The summed E-state index contributed by atoms with van der Waals surface area (Å²) < 4.78 is 146. The highest BCUT2D eigenvalue weighted by atomic mass is 32.2. The molecule has 40 heavy (non-hydrogen) atoms. The SMILES string of the molecule is O=C(NCCNS(=O)(=O)c1cc(S(=O)(=O)c2ccccc2)ccc1C(F)(F)F)c1ccc(C(F)(F)F)c(CF)c1. The first-order valence-corrected chi connectivity index (χ1v) is 14.0. The summed E-state index contributed by atoms with van der Waals surface area (Å²) in [6.45, 7) is -2.73. The van der Waals surface area contributed by atoms with Crippen LogP contribution in [0.15, 0.2) is 81.4 Å². The molecular weight excluding hydrogens is 593 g/mol. The third kappa shape index (κ3) is 6.98. The molecule has 0 bridgehead atoms. The second-order valence-corrected chi connectivity index (χ2v) is 11.8. The van der Waals surface area contributed by atoms with E-state index in [1.807, 2.05) is 4.72 Å². The molecular formula is C24H19F7N2O5S2. The first kappa shape index (κ1) is 31.0. The van der Waals surface area contributed by atoms with E-state index in [0.717, 1.165) is 6.07 Å². The molecule has 0 aromatic heterocycles. The lowest BCUT2D eigenvalue weighted by Crippen LogP contribution is -2.35. The van der Waals surface area contributed by atoms with Crippen LogP contribution in [0.5, 0.6) is 0 Å². The van der Waals surface area contributed by atoms with Gasteiger partial charge in [-0.15, -0.1) is 0 Å². The summed E-state index contributed by atoms with van der Waals surface area (Å²) >= 11 is 0. The van der Waals surface area contributed by atoms with Crippen LogP contribution in [0.25, 0.3) is 0 Å². The average Bonchev–Trinajstić information content (AvgIpc) is 2.89. The molecule has 0 heterocycles. The number of nitrogens with one attached hydrogen (secondary N) is 2. The smallest absolute Gasteiger partial charge is 0.351 e. The van der Waals surface area contributed by atoms with Gasteiger partial charge in [-0.3, -0.25) is 4.79 Å². The van der Waals surface area contributed by atoms with Crippen molar-refractivity contribution in [3.05, 3.63) is 89.0 Å². The van der Waals surface area contributed by atoms with Crippen LogP contribution in [-0.2, 0) is 38.9 Å². The number of halogens is 7. The van der Waals surface area contributed by atoms with Crippen molar-refractivity contribution in [1.29, 1.82) is 0 Å². The standard InChI is InChI=1S/C24H19F7N2O5S2/c25-14-16-12-15(6-8-19(16)23(26,27)28)22(34)32-10-11-33-40(37,38)21-13-18(7-9-20(21)24(29,30)31)39(35,36)17-4-2-1-3-5-17/h1-9,12-13,33H,10-11,14H2,(H,32,34). The summed E-state index contributed by atoms with van der Waals surface area (Å²) in [5, 5.41) is 2.15. The number of hydrogen-bond donors (Lipinski definition) is 2. The lowest BCUT2D eigenvalue weighted by molar-refractivity contribution is -0.140. The molecule has 0 fully saturated rings. The molecule has 3 rings (SSSR count). The maximum Gasteiger partial charge on any atom is 0.417 e. The van der Waals surface area contributed by atoms with Gasteiger partial charge in [0.05, 0.1) is 25.8 Å². The van der Waals surface area contributed by atoms with Crippen molar-refractivity contribution >= 4 is 25.8 Å². The molecule has 1 amide bonds. The quantitative estimate of drug-likeness (QED) is 0.268. The van der Waals surface area contributed by atoms with Crippen molar-refractivity contribution < 1.29 is 52.4 Å². The largest absolute Gasteiger partial charge is 0.417 e. The lowest BCUT2D eigenvalue weighted by atomic mass is 10.0. The van der Waals surface area contributed by atoms with Crippen LogP contribution in [0.4, 0.5) is 30.7 Å². The third-order valence-corrected chi connectivity index (χ3v) is 8.70. The summed E-state index contributed by atoms with van der Waals surface area (Å²) in [6, 6.07) is 9.84. The molecule has 0 atom stereocenters. The van der Waals surface area contributed by atoms with Gasteiger partial charge in [-0.2, -0.15) is 26.3 Å². The Morgan fingerprint density at radius 3 is 1.90 bits per heavy atom. The number of sulfonamides is 1. The zero-order valence-corrected chi connectivity index (χ0v) is 21.6. The number of sulfone groups is 1. The summed E-state index contributed by atoms with van der Waals surface area (Å²) in [5.41, 5.74) is -4.09. The second kappa shape index (κ2) is 11.5. The number of carbonyl (C=O) groups is 1. The zero-order chi connectivity index (χ0) is 29.9. The van der Waals surface area contributed by atoms with Crippen LogP contribution in [0.2, 0.25) is 0 Å². The minimum atomic E-state index is -5.18. The van der Waals surface area contributed by atoms with E-state index in [2.05, 4.69) is 5.32 Å². The third-order valence-electron chi connectivity index (χ3n) is 5.43. The number of alkyl halides is 7. The molecule has 2 N–H and O–H groups in total. The fourth-order valence-electron chi connectivity index (χ4n) is 3.53. The predicted molar refractivity (Wildman–Crippen MR) is 127 cm³/mol. The molecule has 0 saturated carbocycles. The molecule has 0 spiro atoms. The fraction of sp³-hybridized carbons (Fsp3) is 0.208. The van der Waals surface area contributed by atoms with Gasteiger partial charge < -0.3 is 5.32 Å². The van der Waals surface area contributed by atoms with Crippen LogP contribution < -0.4 is 10.0 Å². The number of carbonyl (C=O) groups excluding carboxylic acids is 1. The van der Waals surface area contributed by atoms with E-state index in [0.29, 0.717) is 30.3 Å². The first-order valence-electron chi connectivity index (χ1n) is 11.0. The van der Waals surface area contributed by atoms with Crippen molar-refractivity contribution in [3.8, 4) is 0 Å². The summed E-state index contributed by atoms with van der Waals surface area (Å²) in [5.74, 6) is -1.01. The summed E-state index contributed by atoms with van der Waals surface area (Å²) in [7, 11) is -9.38. The maximum atomic E-state index is 13.6. The zero-order valence-electron chi connectivity index (χ0n) is 20.0. The normalized spacial score (nSPS) is 12.8. The van der Waals surface area contributed by atoms with E-state index in [9.17, 15) is 52.4 Å². The molecule has 0 aliphatic heterocycles. The Morgan fingerprint density at radius 1 is 0.725 bits per heavy atom. The highest BCUT2D eigenvalue weighted by molar-refractivity contribution is 7.91. The number of amides is 1. The Bertz CT molecular complexity index is 1610. The van der Waals surface area contributed by atoms with E-state index < -0.39 is 84.4 Å². The van der Waals surface area contributed by atoms with E-state index in [1.54, 1.807) is 0 Å². The maximum absolute atomic E-state index is 13.6. The van der Waals surface area contributed by atoms with Gasteiger partial charge in [0, 0.05) is 18.7 Å². The molecule has 0 radical (unpaired) electrons. The van der Waals surface area contributed by atoms with Crippen molar-refractivity contribution in [2.45, 2.75) is 33.7 Å². The minimum Gasteiger partial charge on any atom is -0.351 e. The Hall–Kier alpha value is -3.50. The number of rotatable bonds is 9. The molecule has 3 aromatic rings. The molecule has 0 aliphatic carbocycles. The Morgan fingerprint density at radius 2 is 1.32 bits per heavy atom. The molecule has 0 unspecified atom stereocenters. The van der Waals surface area contributed by atoms with Crippen LogP contribution in [-0.4, -0.2) is 35.8 Å².